The van der Waals surface area contributed by atoms with E-state index in [2.05, 4.69) is 41.3 Å². The fourth-order valence-electron chi connectivity index (χ4n) is 1.95. The largest absolute Gasteiger partial charge is 0.472 e. The molecule has 0 unspecified atom stereocenters. The normalized spacial score (nSPS) is 11.1. The summed E-state index contributed by atoms with van der Waals surface area (Å²) in [6.45, 7) is 5.68. The lowest BCUT2D eigenvalue weighted by atomic mass is 10.2. The molecular weight excluding hydrogens is 238 g/mol. The molecule has 2 aromatic heterocycles. The summed E-state index contributed by atoms with van der Waals surface area (Å²) in [6, 6.07) is 6.22. The average molecular weight is 259 g/mol. The number of aromatic nitrogens is 1. The van der Waals surface area contributed by atoms with Crippen molar-refractivity contribution in [3.8, 4) is 0 Å². The first kappa shape index (κ1) is 13.8. The lowest BCUT2D eigenvalue weighted by Gasteiger charge is -2.15. The van der Waals surface area contributed by atoms with Gasteiger partial charge < -0.3 is 9.73 Å². The molecule has 1 N–H and O–H groups in total. The maximum absolute atomic E-state index is 5.07. The van der Waals surface area contributed by atoms with Crippen LogP contribution in [0.1, 0.15) is 23.7 Å². The van der Waals surface area contributed by atoms with Gasteiger partial charge in [0.1, 0.15) is 0 Å². The van der Waals surface area contributed by atoms with Crippen LogP contribution in [0, 0.1) is 0 Å². The average Bonchev–Trinajstić information content (AvgIpc) is 2.90. The van der Waals surface area contributed by atoms with Gasteiger partial charge in [0.15, 0.2) is 0 Å². The van der Waals surface area contributed by atoms with Gasteiger partial charge in [-0.1, -0.05) is 13.0 Å². The number of hydrogen-bond donors (Lipinski definition) is 1. The Morgan fingerprint density at radius 2 is 2.11 bits per heavy atom. The molecule has 0 amide bonds. The van der Waals surface area contributed by atoms with Gasteiger partial charge in [-0.2, -0.15) is 0 Å². The lowest BCUT2D eigenvalue weighted by Crippen LogP contribution is -2.18. The van der Waals surface area contributed by atoms with Crippen LogP contribution in [-0.4, -0.2) is 23.5 Å². The maximum Gasteiger partial charge on any atom is 0.0947 e. The first-order valence-electron chi connectivity index (χ1n) is 6.62. The van der Waals surface area contributed by atoms with Gasteiger partial charge in [0, 0.05) is 31.4 Å². The van der Waals surface area contributed by atoms with Crippen molar-refractivity contribution >= 4 is 0 Å². The van der Waals surface area contributed by atoms with Gasteiger partial charge >= 0.3 is 0 Å². The fourth-order valence-corrected chi connectivity index (χ4v) is 1.95. The number of pyridine rings is 1. The number of hydrogen-bond acceptors (Lipinski definition) is 4. The van der Waals surface area contributed by atoms with E-state index in [0.29, 0.717) is 0 Å². The second-order valence-electron chi connectivity index (χ2n) is 4.74. The highest BCUT2D eigenvalue weighted by Crippen LogP contribution is 2.07. The first-order chi connectivity index (χ1) is 9.28. The molecule has 0 fully saturated rings. The highest BCUT2D eigenvalue weighted by atomic mass is 16.3. The van der Waals surface area contributed by atoms with Crippen LogP contribution in [0.4, 0.5) is 0 Å². The van der Waals surface area contributed by atoms with E-state index in [1.54, 1.807) is 12.5 Å². The van der Waals surface area contributed by atoms with Gasteiger partial charge in [0.25, 0.3) is 0 Å². The zero-order valence-electron chi connectivity index (χ0n) is 11.6. The number of furan rings is 1. The molecule has 102 valence electrons. The zero-order valence-corrected chi connectivity index (χ0v) is 11.6. The minimum Gasteiger partial charge on any atom is -0.472 e. The van der Waals surface area contributed by atoms with Crippen molar-refractivity contribution in [1.82, 2.24) is 15.2 Å². The minimum absolute atomic E-state index is 0.840. The molecule has 0 aromatic carbocycles. The fraction of sp³-hybridized carbons (Fsp3) is 0.400. The van der Waals surface area contributed by atoms with Crippen LogP contribution < -0.4 is 5.32 Å². The summed E-state index contributed by atoms with van der Waals surface area (Å²) in [5.74, 6) is 0. The molecular formula is C15H21N3O. The molecule has 19 heavy (non-hydrogen) atoms. The Bertz CT molecular complexity index is 465. The molecule has 0 aliphatic carbocycles. The molecule has 4 heteroatoms. The van der Waals surface area contributed by atoms with Crippen molar-refractivity contribution < 1.29 is 4.42 Å². The quantitative estimate of drug-likeness (QED) is 0.829. The summed E-state index contributed by atoms with van der Waals surface area (Å²) in [5, 5.41) is 3.29. The Morgan fingerprint density at radius 1 is 1.21 bits per heavy atom. The zero-order chi connectivity index (χ0) is 13.5. The van der Waals surface area contributed by atoms with Crippen LogP contribution in [-0.2, 0) is 19.6 Å². The number of nitrogens with zero attached hydrogens (tertiary/aromatic N) is 2. The summed E-state index contributed by atoms with van der Waals surface area (Å²) < 4.78 is 5.07. The molecule has 0 bridgehead atoms. The molecule has 0 saturated carbocycles. The smallest absolute Gasteiger partial charge is 0.0947 e. The topological polar surface area (TPSA) is 41.3 Å². The van der Waals surface area contributed by atoms with E-state index in [9.17, 15) is 0 Å². The van der Waals surface area contributed by atoms with Crippen LogP contribution >= 0.6 is 0 Å². The third kappa shape index (κ3) is 4.50. The van der Waals surface area contributed by atoms with Gasteiger partial charge in [0.2, 0.25) is 0 Å². The Morgan fingerprint density at radius 3 is 2.74 bits per heavy atom. The summed E-state index contributed by atoms with van der Waals surface area (Å²) in [7, 11) is 2.08. The van der Waals surface area contributed by atoms with Gasteiger partial charge in [0.05, 0.1) is 18.2 Å². The van der Waals surface area contributed by atoms with E-state index in [4.69, 9.17) is 4.42 Å². The van der Waals surface area contributed by atoms with E-state index in [1.165, 1.54) is 11.1 Å². The molecule has 0 saturated heterocycles. The van der Waals surface area contributed by atoms with Crippen LogP contribution in [0.5, 0.6) is 0 Å². The number of rotatable bonds is 7. The van der Waals surface area contributed by atoms with Gasteiger partial charge in [-0.15, -0.1) is 0 Å². The highest BCUT2D eigenvalue weighted by molar-refractivity contribution is 5.14. The van der Waals surface area contributed by atoms with Crippen molar-refractivity contribution in [2.45, 2.75) is 26.6 Å². The predicted molar refractivity (Wildman–Crippen MR) is 75.5 cm³/mol. The molecule has 0 aliphatic heterocycles. The van der Waals surface area contributed by atoms with Crippen LogP contribution in [0.3, 0.4) is 0 Å². The summed E-state index contributed by atoms with van der Waals surface area (Å²) in [6.07, 6.45) is 5.43. The number of nitrogens with one attached hydrogen (secondary N) is 1. The summed E-state index contributed by atoms with van der Waals surface area (Å²) in [5.41, 5.74) is 3.50. The molecule has 2 heterocycles. The van der Waals surface area contributed by atoms with E-state index in [0.717, 1.165) is 31.9 Å². The van der Waals surface area contributed by atoms with Gasteiger partial charge in [-0.05, 0) is 31.3 Å². The van der Waals surface area contributed by atoms with E-state index >= 15 is 0 Å². The van der Waals surface area contributed by atoms with Crippen molar-refractivity contribution in [1.29, 1.82) is 0 Å². The molecule has 0 aliphatic rings. The Hall–Kier alpha value is -1.65. The lowest BCUT2D eigenvalue weighted by molar-refractivity contribution is 0.314. The van der Waals surface area contributed by atoms with Crippen molar-refractivity contribution in [2.75, 3.05) is 13.6 Å². The highest BCUT2D eigenvalue weighted by Gasteiger charge is 2.04. The standard InChI is InChI=1S/C15H21N3O/c1-3-16-8-13-4-5-15(17-9-13)11-18(2)10-14-6-7-19-12-14/h4-7,9,12,16H,3,8,10-11H2,1-2H3. The van der Waals surface area contributed by atoms with Gasteiger partial charge in [-0.3, -0.25) is 9.88 Å². The SMILES string of the molecule is CCNCc1ccc(CN(C)Cc2ccoc2)nc1. The second kappa shape index (κ2) is 7.07. The van der Waals surface area contributed by atoms with Crippen LogP contribution in [0.15, 0.2) is 41.3 Å². The van der Waals surface area contributed by atoms with Crippen molar-refractivity contribution in [2.24, 2.45) is 0 Å². The molecule has 0 radical (unpaired) electrons. The van der Waals surface area contributed by atoms with Crippen LogP contribution in [0.2, 0.25) is 0 Å². The Kier molecular flexibility index (Phi) is 5.12. The minimum atomic E-state index is 0.840. The van der Waals surface area contributed by atoms with Crippen molar-refractivity contribution in [3.63, 3.8) is 0 Å². The van der Waals surface area contributed by atoms with E-state index in [1.807, 2.05) is 12.3 Å². The summed E-state index contributed by atoms with van der Waals surface area (Å²) in [4.78, 5) is 6.72. The molecule has 4 nitrogen and oxygen atoms in total. The second-order valence-corrected chi connectivity index (χ2v) is 4.74. The molecule has 2 aromatic rings. The predicted octanol–water partition coefficient (Wildman–Crippen LogP) is 2.42. The van der Waals surface area contributed by atoms with E-state index in [-0.39, 0.29) is 0 Å². The van der Waals surface area contributed by atoms with Crippen molar-refractivity contribution in [3.05, 3.63) is 53.7 Å². The molecule has 0 spiro atoms. The summed E-state index contributed by atoms with van der Waals surface area (Å²) >= 11 is 0. The third-order valence-electron chi connectivity index (χ3n) is 2.93. The monoisotopic (exact) mass is 259 g/mol. The maximum atomic E-state index is 5.07. The van der Waals surface area contributed by atoms with Gasteiger partial charge in [-0.25, -0.2) is 0 Å². The first-order valence-corrected chi connectivity index (χ1v) is 6.62. The molecule has 0 atom stereocenters. The Labute approximate surface area is 114 Å². The van der Waals surface area contributed by atoms with E-state index < -0.39 is 0 Å². The Balaban J connectivity index is 1.84. The molecule has 2 rings (SSSR count). The third-order valence-corrected chi connectivity index (χ3v) is 2.93. The van der Waals surface area contributed by atoms with Crippen LogP contribution in [0.25, 0.3) is 0 Å².